The number of carboxylic acid groups (broad SMARTS) is 1. The van der Waals surface area contributed by atoms with Gasteiger partial charge in [-0.25, -0.2) is 4.39 Å². The largest absolute Gasteiger partial charge is 0.481 e. The van der Waals surface area contributed by atoms with Gasteiger partial charge in [-0.3, -0.25) is 9.78 Å². The highest BCUT2D eigenvalue weighted by atomic mass is 35.5. The lowest BCUT2D eigenvalue weighted by molar-refractivity contribution is -0.136. The number of carbonyl (C=O) groups is 1. The SMILES string of the molecule is NCc1cc(F)cc(Nc2cc(CC(=O)O)ccc2Cl)c1.c1ccncc1. The molecule has 0 radical (unpaired) electrons. The highest BCUT2D eigenvalue weighted by Gasteiger charge is 2.07. The van der Waals surface area contributed by atoms with Crippen LogP contribution >= 0.6 is 11.6 Å². The van der Waals surface area contributed by atoms with Crippen LogP contribution in [0.15, 0.2) is 67.0 Å². The van der Waals surface area contributed by atoms with E-state index in [1.54, 1.807) is 36.7 Å². The zero-order chi connectivity index (χ0) is 19.6. The van der Waals surface area contributed by atoms with E-state index in [-0.39, 0.29) is 13.0 Å². The van der Waals surface area contributed by atoms with Crippen molar-refractivity contribution >= 4 is 28.9 Å². The minimum absolute atomic E-state index is 0.108. The minimum Gasteiger partial charge on any atom is -0.481 e. The van der Waals surface area contributed by atoms with Crippen molar-refractivity contribution in [2.24, 2.45) is 5.73 Å². The first kappa shape index (κ1) is 20.4. The smallest absolute Gasteiger partial charge is 0.307 e. The van der Waals surface area contributed by atoms with E-state index in [9.17, 15) is 9.18 Å². The van der Waals surface area contributed by atoms with Crippen LogP contribution in [0.2, 0.25) is 5.02 Å². The zero-order valence-electron chi connectivity index (χ0n) is 14.4. The Balaban J connectivity index is 0.000000369. The Morgan fingerprint density at radius 1 is 1.11 bits per heavy atom. The predicted molar refractivity (Wildman–Crippen MR) is 105 cm³/mol. The Kier molecular flexibility index (Phi) is 7.73. The van der Waals surface area contributed by atoms with Gasteiger partial charge in [-0.15, -0.1) is 0 Å². The number of benzene rings is 2. The molecule has 1 aromatic heterocycles. The molecule has 27 heavy (non-hydrogen) atoms. The molecule has 0 aliphatic rings. The molecule has 0 atom stereocenters. The van der Waals surface area contributed by atoms with Gasteiger partial charge in [-0.05, 0) is 53.6 Å². The number of nitrogens with two attached hydrogens (primary N) is 1. The number of rotatable bonds is 5. The highest BCUT2D eigenvalue weighted by molar-refractivity contribution is 6.33. The van der Waals surface area contributed by atoms with Crippen LogP contribution in [0.25, 0.3) is 0 Å². The van der Waals surface area contributed by atoms with E-state index in [0.29, 0.717) is 27.5 Å². The van der Waals surface area contributed by atoms with Gasteiger partial charge in [0.2, 0.25) is 0 Å². The second-order valence-electron chi connectivity index (χ2n) is 5.59. The summed E-state index contributed by atoms with van der Waals surface area (Å²) in [5, 5.41) is 12.2. The van der Waals surface area contributed by atoms with Crippen LogP contribution in [0, 0.1) is 5.82 Å². The van der Waals surface area contributed by atoms with Gasteiger partial charge in [0.25, 0.3) is 0 Å². The van der Waals surface area contributed by atoms with Crippen LogP contribution in [0.1, 0.15) is 11.1 Å². The number of anilines is 2. The third kappa shape index (κ3) is 7.05. The summed E-state index contributed by atoms with van der Waals surface area (Å²) in [7, 11) is 0. The van der Waals surface area contributed by atoms with Gasteiger partial charge in [0.1, 0.15) is 5.82 Å². The fourth-order valence-electron chi connectivity index (χ4n) is 2.26. The first-order chi connectivity index (χ1) is 13.0. The summed E-state index contributed by atoms with van der Waals surface area (Å²) in [5.74, 6) is -1.34. The summed E-state index contributed by atoms with van der Waals surface area (Å²) in [5.41, 5.74) is 7.78. The molecule has 4 N–H and O–H groups in total. The molecule has 0 aliphatic heterocycles. The van der Waals surface area contributed by atoms with Gasteiger partial charge in [0, 0.05) is 24.6 Å². The van der Waals surface area contributed by atoms with Crippen molar-refractivity contribution in [3.63, 3.8) is 0 Å². The lowest BCUT2D eigenvalue weighted by Gasteiger charge is -2.11. The van der Waals surface area contributed by atoms with E-state index >= 15 is 0 Å². The van der Waals surface area contributed by atoms with Crippen LogP contribution < -0.4 is 11.1 Å². The van der Waals surface area contributed by atoms with E-state index in [4.69, 9.17) is 22.4 Å². The fraction of sp³-hybridized carbons (Fsp3) is 0.100. The Bertz CT molecular complexity index is 865. The first-order valence-electron chi connectivity index (χ1n) is 8.09. The number of hydrogen-bond donors (Lipinski definition) is 3. The molecule has 0 saturated carbocycles. The molecule has 0 spiro atoms. The molecule has 0 bridgehead atoms. The predicted octanol–water partition coefficient (Wildman–Crippen LogP) is 4.39. The number of carboxylic acids is 1. The average Bonchev–Trinajstić information content (AvgIpc) is 2.65. The number of nitrogens with one attached hydrogen (secondary N) is 1. The lowest BCUT2D eigenvalue weighted by atomic mass is 10.1. The Morgan fingerprint density at radius 3 is 2.41 bits per heavy atom. The monoisotopic (exact) mass is 387 g/mol. The second kappa shape index (κ2) is 10.3. The van der Waals surface area contributed by atoms with Crippen molar-refractivity contribution in [2.45, 2.75) is 13.0 Å². The zero-order valence-corrected chi connectivity index (χ0v) is 15.2. The van der Waals surface area contributed by atoms with Crippen molar-refractivity contribution in [2.75, 3.05) is 5.32 Å². The van der Waals surface area contributed by atoms with Crippen LogP contribution in [0.3, 0.4) is 0 Å². The molecule has 0 unspecified atom stereocenters. The molecular weight excluding hydrogens is 369 g/mol. The maximum Gasteiger partial charge on any atom is 0.307 e. The van der Waals surface area contributed by atoms with E-state index < -0.39 is 11.8 Å². The molecule has 0 amide bonds. The lowest BCUT2D eigenvalue weighted by Crippen LogP contribution is -2.02. The van der Waals surface area contributed by atoms with Crippen molar-refractivity contribution in [3.8, 4) is 0 Å². The van der Waals surface area contributed by atoms with Gasteiger partial charge in [0.05, 0.1) is 17.1 Å². The first-order valence-corrected chi connectivity index (χ1v) is 8.47. The number of pyridine rings is 1. The number of nitrogens with zero attached hydrogens (tertiary/aromatic N) is 1. The van der Waals surface area contributed by atoms with Gasteiger partial charge in [-0.1, -0.05) is 23.7 Å². The molecule has 3 rings (SSSR count). The van der Waals surface area contributed by atoms with Gasteiger partial charge < -0.3 is 16.2 Å². The molecule has 7 heteroatoms. The highest BCUT2D eigenvalue weighted by Crippen LogP contribution is 2.27. The maximum absolute atomic E-state index is 13.5. The summed E-state index contributed by atoms with van der Waals surface area (Å²) in [6, 6.07) is 15.0. The van der Waals surface area contributed by atoms with Crippen molar-refractivity contribution < 1.29 is 14.3 Å². The molecule has 2 aromatic carbocycles. The molecule has 5 nitrogen and oxygen atoms in total. The third-order valence-corrected chi connectivity index (χ3v) is 3.75. The number of aliphatic carboxylic acids is 1. The Morgan fingerprint density at radius 2 is 1.85 bits per heavy atom. The van der Waals surface area contributed by atoms with Gasteiger partial charge >= 0.3 is 5.97 Å². The molecule has 140 valence electrons. The van der Waals surface area contributed by atoms with Gasteiger partial charge in [0.15, 0.2) is 0 Å². The van der Waals surface area contributed by atoms with Crippen LogP contribution in [-0.2, 0) is 17.8 Å². The topological polar surface area (TPSA) is 88.2 Å². The molecule has 0 aliphatic carbocycles. The summed E-state index contributed by atoms with van der Waals surface area (Å²) < 4.78 is 13.5. The van der Waals surface area contributed by atoms with E-state index in [2.05, 4.69) is 10.3 Å². The molecule has 0 fully saturated rings. The Labute approximate surface area is 161 Å². The van der Waals surface area contributed by atoms with Crippen LogP contribution in [0.5, 0.6) is 0 Å². The van der Waals surface area contributed by atoms with Crippen LogP contribution in [0.4, 0.5) is 15.8 Å². The molecule has 0 saturated heterocycles. The third-order valence-electron chi connectivity index (χ3n) is 3.42. The number of aromatic nitrogens is 1. The number of hydrogen-bond acceptors (Lipinski definition) is 4. The van der Waals surface area contributed by atoms with E-state index in [1.165, 1.54) is 12.1 Å². The summed E-state index contributed by atoms with van der Waals surface area (Å²) in [6.45, 7) is 0.221. The quantitative estimate of drug-likeness (QED) is 0.604. The van der Waals surface area contributed by atoms with E-state index in [1.807, 2.05) is 18.2 Å². The maximum atomic E-state index is 13.5. The summed E-state index contributed by atoms with van der Waals surface area (Å²) >= 11 is 6.07. The Hall–Kier alpha value is -2.96. The van der Waals surface area contributed by atoms with E-state index in [0.717, 1.165) is 0 Å². The van der Waals surface area contributed by atoms with Crippen molar-refractivity contribution in [3.05, 3.63) is 89.0 Å². The minimum atomic E-state index is -0.931. The normalized spacial score (nSPS) is 9.89. The van der Waals surface area contributed by atoms with Crippen LogP contribution in [-0.4, -0.2) is 16.1 Å². The van der Waals surface area contributed by atoms with Crippen molar-refractivity contribution in [1.82, 2.24) is 4.98 Å². The average molecular weight is 388 g/mol. The summed E-state index contributed by atoms with van der Waals surface area (Å²) in [6.07, 6.45) is 3.39. The fourth-order valence-corrected chi connectivity index (χ4v) is 2.43. The van der Waals surface area contributed by atoms with Crippen molar-refractivity contribution in [1.29, 1.82) is 0 Å². The number of halogens is 2. The molecule has 1 heterocycles. The standard InChI is InChI=1S/C15H14ClFN2O2.C5H5N/c16-13-2-1-9(6-15(20)21)5-14(13)19-12-4-10(8-18)3-11(17)7-12;1-2-4-6-5-3-1/h1-5,7,19H,6,8,18H2,(H,20,21);1-5H. The second-order valence-corrected chi connectivity index (χ2v) is 5.99. The molecular formula is C20H19ClFN3O2. The van der Waals surface area contributed by atoms with Gasteiger partial charge in [-0.2, -0.15) is 0 Å². The summed E-state index contributed by atoms with van der Waals surface area (Å²) in [4.78, 5) is 14.5. The molecule has 3 aromatic rings.